The van der Waals surface area contributed by atoms with Gasteiger partial charge in [-0.3, -0.25) is 14.4 Å². The van der Waals surface area contributed by atoms with Crippen molar-refractivity contribution in [3.63, 3.8) is 0 Å². The molecule has 4 N–H and O–H groups in total. The molecule has 0 aromatic rings. The van der Waals surface area contributed by atoms with Crippen LogP contribution in [0.1, 0.15) is 40.5 Å². The zero-order valence-electron chi connectivity index (χ0n) is 24.1. The van der Waals surface area contributed by atoms with Crippen LogP contribution in [0.2, 0.25) is 0 Å². The molecule has 1 heterocycles. The summed E-state index contributed by atoms with van der Waals surface area (Å²) in [7, 11) is 4.21. The third-order valence-electron chi connectivity index (χ3n) is 6.95. The van der Waals surface area contributed by atoms with Gasteiger partial charge < -0.3 is 35.1 Å². The van der Waals surface area contributed by atoms with E-state index in [2.05, 4.69) is 5.32 Å². The number of carbonyl (C=O) groups is 4. The van der Waals surface area contributed by atoms with Crippen LogP contribution in [0.4, 0.5) is 4.79 Å². The Hall–Kier alpha value is -3.54. The number of allylic oxidation sites excluding steroid dienone is 4. The number of Topliss-reactive ketones (excluding diaryl/α,β-unsaturated/α-hetero) is 1. The molecule has 0 saturated carbocycles. The van der Waals surface area contributed by atoms with Crippen LogP contribution >= 0.6 is 0 Å². The van der Waals surface area contributed by atoms with Gasteiger partial charge in [-0.05, 0) is 38.2 Å². The number of carbonyl (C=O) groups excluding carboxylic acids is 4. The zero-order valence-corrected chi connectivity index (χ0v) is 24.1. The number of aliphatic hydroxyl groups excluding tert-OH is 1. The number of methoxy groups -OCH3 is 3. The van der Waals surface area contributed by atoms with Crippen LogP contribution in [0, 0.1) is 11.8 Å². The van der Waals surface area contributed by atoms with Crippen molar-refractivity contribution in [3.8, 4) is 0 Å². The Balaban J connectivity index is 2.60. The van der Waals surface area contributed by atoms with Crippen molar-refractivity contribution < 1.29 is 43.2 Å². The van der Waals surface area contributed by atoms with Crippen LogP contribution < -0.4 is 11.1 Å². The number of ether oxygens (including phenoxy) is 4. The molecule has 0 aromatic heterocycles. The highest BCUT2D eigenvalue weighted by molar-refractivity contribution is 6.23. The van der Waals surface area contributed by atoms with Crippen molar-refractivity contribution in [2.24, 2.45) is 17.6 Å². The Labute approximate surface area is 234 Å². The molecule has 0 fully saturated rings. The van der Waals surface area contributed by atoms with Crippen LogP contribution in [0.5, 0.6) is 0 Å². The second-order valence-electron chi connectivity index (χ2n) is 10.1. The third kappa shape index (κ3) is 8.23. The molecule has 2 amide bonds. The molecule has 1 aliphatic heterocycles. The molecule has 0 radical (unpaired) electrons. The Bertz CT molecular complexity index is 1150. The molecule has 0 saturated heterocycles. The summed E-state index contributed by atoms with van der Waals surface area (Å²) in [5, 5.41) is 13.7. The molecule has 11 heteroatoms. The van der Waals surface area contributed by atoms with E-state index in [1.165, 1.54) is 34.3 Å². The van der Waals surface area contributed by atoms with E-state index < -0.39 is 53.9 Å². The first-order valence-electron chi connectivity index (χ1n) is 13.0. The minimum atomic E-state index is -1.00. The van der Waals surface area contributed by atoms with E-state index in [1.54, 1.807) is 32.1 Å². The van der Waals surface area contributed by atoms with Crippen LogP contribution in [0.3, 0.4) is 0 Å². The lowest BCUT2D eigenvalue weighted by molar-refractivity contribution is -0.120. The number of fused-ring (bicyclic) bond motifs is 2. The maximum Gasteiger partial charge on any atom is 0.405 e. The molecule has 2 rings (SSSR count). The Morgan fingerprint density at radius 2 is 1.77 bits per heavy atom. The SMILES string of the molecule is COC1=C2C[C@@H](C)C[C@H](OC)[C@H](O)[C@@H](C)/C=C(\C)[C@H](OC(N)=O)C(OC)/C=C/C=C(\C)C(=O)NC(=CC1=O)C2=O. The van der Waals surface area contributed by atoms with E-state index in [-0.39, 0.29) is 34.9 Å². The van der Waals surface area contributed by atoms with Crippen molar-refractivity contribution in [1.29, 1.82) is 0 Å². The first kappa shape index (κ1) is 32.7. The van der Waals surface area contributed by atoms with E-state index in [4.69, 9.17) is 24.7 Å². The quantitative estimate of drug-likeness (QED) is 0.346. The fraction of sp³-hybridized carbons (Fsp3) is 0.517. The Morgan fingerprint density at radius 3 is 2.35 bits per heavy atom. The number of rotatable bonds is 4. The average Bonchev–Trinajstić information content (AvgIpc) is 2.90. The molecule has 220 valence electrons. The van der Waals surface area contributed by atoms with Gasteiger partial charge in [-0.1, -0.05) is 38.2 Å². The van der Waals surface area contributed by atoms with Crippen LogP contribution in [-0.2, 0) is 33.3 Å². The lowest BCUT2D eigenvalue weighted by Gasteiger charge is -2.29. The molecule has 11 nitrogen and oxygen atoms in total. The van der Waals surface area contributed by atoms with Crippen molar-refractivity contribution >= 4 is 23.6 Å². The van der Waals surface area contributed by atoms with Gasteiger partial charge in [-0.15, -0.1) is 0 Å². The normalized spacial score (nSPS) is 32.7. The Kier molecular flexibility index (Phi) is 12.0. The number of nitrogens with one attached hydrogen (secondary N) is 1. The number of primary amides is 1. The largest absolute Gasteiger partial charge is 0.492 e. The number of nitrogens with two attached hydrogens (primary N) is 1. The molecular weight excluding hydrogens is 520 g/mol. The van der Waals surface area contributed by atoms with Gasteiger partial charge in [0.2, 0.25) is 11.6 Å². The van der Waals surface area contributed by atoms with E-state index in [0.29, 0.717) is 12.0 Å². The van der Waals surface area contributed by atoms with E-state index in [1.807, 2.05) is 6.92 Å². The van der Waals surface area contributed by atoms with Gasteiger partial charge in [-0.2, -0.15) is 0 Å². The van der Waals surface area contributed by atoms with Gasteiger partial charge in [-0.25, -0.2) is 4.79 Å². The van der Waals surface area contributed by atoms with Crippen molar-refractivity contribution in [2.75, 3.05) is 21.3 Å². The molecule has 1 aliphatic carbocycles. The molecule has 1 unspecified atom stereocenters. The molecule has 2 aliphatic rings. The van der Waals surface area contributed by atoms with Crippen molar-refractivity contribution in [3.05, 3.63) is 58.6 Å². The van der Waals surface area contributed by atoms with Gasteiger partial charge in [0.15, 0.2) is 11.9 Å². The summed E-state index contributed by atoms with van der Waals surface area (Å²) in [6.07, 6.45) is 3.61. The minimum Gasteiger partial charge on any atom is -0.492 e. The van der Waals surface area contributed by atoms with Gasteiger partial charge in [0.1, 0.15) is 6.10 Å². The minimum absolute atomic E-state index is 0.0801. The van der Waals surface area contributed by atoms with Crippen LogP contribution in [-0.4, -0.2) is 74.4 Å². The first-order valence-corrected chi connectivity index (χ1v) is 13.0. The molecule has 40 heavy (non-hydrogen) atoms. The highest BCUT2D eigenvalue weighted by Gasteiger charge is 2.34. The number of amides is 2. The first-order chi connectivity index (χ1) is 18.8. The number of aliphatic hydroxyl groups is 1. The van der Waals surface area contributed by atoms with Gasteiger partial charge in [0, 0.05) is 37.4 Å². The summed E-state index contributed by atoms with van der Waals surface area (Å²) in [6, 6.07) is 0. The summed E-state index contributed by atoms with van der Waals surface area (Å²) >= 11 is 0. The molecule has 2 bridgehead atoms. The van der Waals surface area contributed by atoms with Crippen LogP contribution in [0.15, 0.2) is 58.6 Å². The number of hydrogen-bond donors (Lipinski definition) is 3. The summed E-state index contributed by atoms with van der Waals surface area (Å²) in [5.74, 6) is -2.39. The monoisotopic (exact) mass is 560 g/mol. The lowest BCUT2D eigenvalue weighted by atomic mass is 9.85. The second kappa shape index (κ2) is 14.7. The predicted octanol–water partition coefficient (Wildman–Crippen LogP) is 2.41. The maximum absolute atomic E-state index is 13.3. The summed E-state index contributed by atoms with van der Waals surface area (Å²) < 4.78 is 21.7. The lowest BCUT2D eigenvalue weighted by Crippen LogP contribution is -2.37. The topological polar surface area (TPSA) is 163 Å². The zero-order chi connectivity index (χ0) is 30.1. The highest BCUT2D eigenvalue weighted by atomic mass is 16.6. The standard InChI is InChI=1S/C29H40N2O9/c1-15-11-19-25(34)20(14-21(32)27(19)39-7)31-28(35)16(2)9-8-10-22(37-5)26(40-29(30)36)18(4)13-17(3)24(33)23(12-15)38-6/h8-10,13-15,17,22-24,26,33H,11-12H2,1-7H3,(H2,30,36)(H,31,35)/b10-8+,16-9+,18-13+/t15-,17+,22?,23+,24-,26+/m1/s1. The van der Waals surface area contributed by atoms with Gasteiger partial charge in [0.05, 0.1) is 25.0 Å². The third-order valence-corrected chi connectivity index (χ3v) is 6.95. The molecule has 6 atom stereocenters. The molecular formula is C29H40N2O9. The predicted molar refractivity (Wildman–Crippen MR) is 147 cm³/mol. The van der Waals surface area contributed by atoms with Crippen molar-refractivity contribution in [2.45, 2.75) is 65.0 Å². The van der Waals surface area contributed by atoms with Gasteiger partial charge >= 0.3 is 6.09 Å². The van der Waals surface area contributed by atoms with Gasteiger partial charge in [0.25, 0.3) is 5.91 Å². The smallest absolute Gasteiger partial charge is 0.405 e. The Morgan fingerprint density at radius 1 is 1.10 bits per heavy atom. The summed E-state index contributed by atoms with van der Waals surface area (Å²) in [6.45, 7) is 6.92. The van der Waals surface area contributed by atoms with Crippen LogP contribution in [0.25, 0.3) is 0 Å². The summed E-state index contributed by atoms with van der Waals surface area (Å²) in [5.41, 5.74) is 6.12. The van der Waals surface area contributed by atoms with E-state index in [9.17, 15) is 24.3 Å². The molecule has 0 aromatic carbocycles. The van der Waals surface area contributed by atoms with E-state index >= 15 is 0 Å². The number of hydrogen-bond acceptors (Lipinski definition) is 9. The fourth-order valence-electron chi connectivity index (χ4n) is 4.78. The second-order valence-corrected chi connectivity index (χ2v) is 10.1. The fourth-order valence-corrected chi connectivity index (χ4v) is 4.78. The number of ketones is 2. The average molecular weight is 561 g/mol. The highest BCUT2D eigenvalue weighted by Crippen LogP contribution is 2.29. The maximum atomic E-state index is 13.3. The summed E-state index contributed by atoms with van der Waals surface area (Å²) in [4.78, 5) is 50.6. The van der Waals surface area contributed by atoms with Crippen molar-refractivity contribution in [1.82, 2.24) is 5.32 Å². The molecule has 0 spiro atoms. The van der Waals surface area contributed by atoms with E-state index in [0.717, 1.165) is 6.08 Å².